The normalized spacial score (nSPS) is 19.1. The number of benzene rings is 2. The van der Waals surface area contributed by atoms with E-state index in [1.165, 1.54) is 12.1 Å². The van der Waals surface area contributed by atoms with Gasteiger partial charge in [-0.15, -0.1) is 0 Å². The van der Waals surface area contributed by atoms with Crippen LogP contribution in [0.1, 0.15) is 22.6 Å². The van der Waals surface area contributed by atoms with Crippen molar-refractivity contribution in [3.63, 3.8) is 0 Å². The molecular weight excluding hydrogens is 275 g/mol. The van der Waals surface area contributed by atoms with Crippen LogP contribution in [0.5, 0.6) is 0 Å². The van der Waals surface area contributed by atoms with Gasteiger partial charge in [-0.25, -0.2) is 4.39 Å². The second-order valence-corrected chi connectivity index (χ2v) is 5.28. The van der Waals surface area contributed by atoms with Gasteiger partial charge < -0.3 is 4.79 Å². The quantitative estimate of drug-likeness (QED) is 0.748. The van der Waals surface area contributed by atoms with Gasteiger partial charge in [0.05, 0.1) is 5.92 Å². The fourth-order valence-corrected chi connectivity index (χ4v) is 2.89. The summed E-state index contributed by atoms with van der Waals surface area (Å²) in [5.74, 6) is -0.523. The molecule has 0 spiro atoms. The predicted octanol–water partition coefficient (Wildman–Crippen LogP) is 4.40. The minimum atomic E-state index is -0.267. The summed E-state index contributed by atoms with van der Waals surface area (Å²) in [6, 6.07) is 11.9. The van der Waals surface area contributed by atoms with Crippen LogP contribution >= 0.6 is 11.6 Å². The lowest BCUT2D eigenvalue weighted by molar-refractivity contribution is -0.108. The molecule has 1 aliphatic rings. The van der Waals surface area contributed by atoms with Crippen LogP contribution in [-0.2, 0) is 11.2 Å². The maximum absolute atomic E-state index is 12.9. The fourth-order valence-electron chi connectivity index (χ4n) is 2.64. The average molecular weight is 287 g/mol. The number of allylic oxidation sites excluding steroid dienone is 1. The maximum atomic E-state index is 12.9. The maximum Gasteiger partial charge on any atom is 0.131 e. The van der Waals surface area contributed by atoms with Gasteiger partial charge in [0.15, 0.2) is 0 Å². The van der Waals surface area contributed by atoms with Gasteiger partial charge in [0.1, 0.15) is 12.1 Å². The summed E-state index contributed by atoms with van der Waals surface area (Å²) in [7, 11) is 0. The zero-order valence-corrected chi connectivity index (χ0v) is 11.4. The average Bonchev–Trinajstić information content (AvgIpc) is 2.80. The molecule has 0 saturated heterocycles. The first kappa shape index (κ1) is 13.1. The lowest BCUT2D eigenvalue weighted by atomic mass is 9.98. The second-order valence-electron chi connectivity index (χ2n) is 4.87. The Kier molecular flexibility index (Phi) is 3.41. The van der Waals surface area contributed by atoms with E-state index in [2.05, 4.69) is 0 Å². The zero-order valence-electron chi connectivity index (χ0n) is 10.6. The van der Waals surface area contributed by atoms with Crippen LogP contribution in [0.4, 0.5) is 4.39 Å². The Hall–Kier alpha value is -1.93. The Morgan fingerprint density at radius 3 is 2.60 bits per heavy atom. The molecule has 2 aromatic carbocycles. The van der Waals surface area contributed by atoms with Crippen molar-refractivity contribution in [2.75, 3.05) is 0 Å². The van der Waals surface area contributed by atoms with Crippen LogP contribution in [0.15, 0.2) is 48.0 Å². The molecule has 0 radical (unpaired) electrons. The highest BCUT2D eigenvalue weighted by molar-refractivity contribution is 6.31. The van der Waals surface area contributed by atoms with E-state index in [1.807, 2.05) is 24.3 Å². The molecule has 20 heavy (non-hydrogen) atoms. The van der Waals surface area contributed by atoms with E-state index in [0.29, 0.717) is 11.4 Å². The molecule has 0 heterocycles. The van der Waals surface area contributed by atoms with Crippen molar-refractivity contribution in [2.45, 2.75) is 12.3 Å². The third kappa shape index (κ3) is 2.27. The van der Waals surface area contributed by atoms with E-state index >= 15 is 0 Å². The molecule has 0 aliphatic heterocycles. The number of hydrogen-bond acceptors (Lipinski definition) is 1. The third-order valence-electron chi connectivity index (χ3n) is 3.63. The lowest BCUT2D eigenvalue weighted by Crippen LogP contribution is -1.97. The highest BCUT2D eigenvalue weighted by Gasteiger charge is 2.28. The van der Waals surface area contributed by atoms with Crippen LogP contribution in [0.2, 0.25) is 5.02 Å². The largest absolute Gasteiger partial charge is 0.302 e. The van der Waals surface area contributed by atoms with Crippen molar-refractivity contribution >= 4 is 24.0 Å². The smallest absolute Gasteiger partial charge is 0.131 e. The van der Waals surface area contributed by atoms with Gasteiger partial charge in [0.25, 0.3) is 0 Å². The van der Waals surface area contributed by atoms with E-state index in [0.717, 1.165) is 28.5 Å². The number of hydrogen-bond donors (Lipinski definition) is 0. The summed E-state index contributed by atoms with van der Waals surface area (Å²) in [5.41, 5.74) is 3.87. The summed E-state index contributed by atoms with van der Waals surface area (Å²) >= 11 is 6.19. The number of rotatable bonds is 2. The van der Waals surface area contributed by atoms with E-state index < -0.39 is 0 Å². The molecule has 100 valence electrons. The predicted molar refractivity (Wildman–Crippen MR) is 78.3 cm³/mol. The van der Waals surface area contributed by atoms with E-state index in [4.69, 9.17) is 11.6 Å². The van der Waals surface area contributed by atoms with Gasteiger partial charge in [0.2, 0.25) is 0 Å². The van der Waals surface area contributed by atoms with Crippen molar-refractivity contribution in [1.82, 2.24) is 0 Å². The molecule has 0 N–H and O–H groups in total. The molecular formula is C17H12ClFO. The lowest BCUT2D eigenvalue weighted by Gasteiger charge is -2.05. The van der Waals surface area contributed by atoms with Crippen LogP contribution in [0.3, 0.4) is 0 Å². The highest BCUT2D eigenvalue weighted by atomic mass is 35.5. The number of carbonyl (C=O) groups excluding carboxylic acids is 1. The first-order valence-electron chi connectivity index (χ1n) is 6.37. The Labute approximate surface area is 121 Å². The summed E-state index contributed by atoms with van der Waals surface area (Å²) < 4.78 is 12.9. The molecule has 0 saturated carbocycles. The van der Waals surface area contributed by atoms with Crippen molar-refractivity contribution in [3.8, 4) is 0 Å². The number of aldehydes is 1. The first-order chi connectivity index (χ1) is 9.69. The van der Waals surface area contributed by atoms with E-state index in [1.54, 1.807) is 12.1 Å². The highest BCUT2D eigenvalue weighted by Crippen LogP contribution is 2.40. The number of carbonyl (C=O) groups is 1. The SMILES string of the molecule is O=CC1/C(=C/c2ccc(F)cc2)Cc2c(Cl)cccc21. The molecule has 3 heteroatoms. The Balaban J connectivity index is 2.02. The van der Waals surface area contributed by atoms with Crippen molar-refractivity contribution < 1.29 is 9.18 Å². The minimum absolute atomic E-state index is 0.256. The van der Waals surface area contributed by atoms with E-state index in [9.17, 15) is 9.18 Å². The standard InChI is InChI=1S/C17H12ClFO/c18-17-3-1-2-14-15(17)9-12(16(14)10-20)8-11-4-6-13(19)7-5-11/h1-8,10,16H,9H2/b12-8+. The van der Waals surface area contributed by atoms with E-state index in [-0.39, 0.29) is 11.7 Å². The Morgan fingerprint density at radius 1 is 1.15 bits per heavy atom. The summed E-state index contributed by atoms with van der Waals surface area (Å²) in [5, 5.41) is 0.692. The number of fused-ring (bicyclic) bond motifs is 1. The molecule has 3 rings (SSSR count). The topological polar surface area (TPSA) is 17.1 Å². The molecule has 1 unspecified atom stereocenters. The first-order valence-corrected chi connectivity index (χ1v) is 6.75. The van der Waals surface area contributed by atoms with Crippen LogP contribution in [0, 0.1) is 5.82 Å². The van der Waals surface area contributed by atoms with Crippen LogP contribution in [-0.4, -0.2) is 6.29 Å². The third-order valence-corrected chi connectivity index (χ3v) is 3.98. The zero-order chi connectivity index (χ0) is 14.1. The van der Waals surface area contributed by atoms with Crippen molar-refractivity contribution in [1.29, 1.82) is 0 Å². The monoisotopic (exact) mass is 286 g/mol. The van der Waals surface area contributed by atoms with Crippen molar-refractivity contribution in [2.24, 2.45) is 0 Å². The molecule has 1 aliphatic carbocycles. The van der Waals surface area contributed by atoms with Gasteiger partial charge in [0, 0.05) is 5.02 Å². The molecule has 0 bridgehead atoms. The molecule has 0 fully saturated rings. The molecule has 2 aromatic rings. The molecule has 1 atom stereocenters. The Bertz CT molecular complexity index is 689. The second kappa shape index (κ2) is 5.22. The van der Waals surface area contributed by atoms with Gasteiger partial charge in [-0.05, 0) is 41.3 Å². The van der Waals surface area contributed by atoms with Crippen molar-refractivity contribution in [3.05, 3.63) is 75.6 Å². The van der Waals surface area contributed by atoms with Gasteiger partial charge >= 0.3 is 0 Å². The van der Waals surface area contributed by atoms with Gasteiger partial charge in [-0.1, -0.05) is 47.5 Å². The molecule has 1 nitrogen and oxygen atoms in total. The summed E-state index contributed by atoms with van der Waals surface area (Å²) in [4.78, 5) is 11.4. The Morgan fingerprint density at radius 2 is 1.90 bits per heavy atom. The van der Waals surface area contributed by atoms with Gasteiger partial charge in [-0.3, -0.25) is 0 Å². The number of halogens is 2. The molecule has 0 aromatic heterocycles. The van der Waals surface area contributed by atoms with Crippen LogP contribution < -0.4 is 0 Å². The summed E-state index contributed by atoms with van der Waals surface area (Å²) in [6.45, 7) is 0. The fraction of sp³-hybridized carbons (Fsp3) is 0.118. The summed E-state index contributed by atoms with van der Waals surface area (Å²) in [6.07, 6.45) is 3.54. The molecule has 0 amide bonds. The van der Waals surface area contributed by atoms with Gasteiger partial charge in [-0.2, -0.15) is 0 Å². The van der Waals surface area contributed by atoms with Crippen LogP contribution in [0.25, 0.3) is 6.08 Å². The minimum Gasteiger partial charge on any atom is -0.302 e.